The largest absolute Gasteiger partial charge is 0.335 e. The van der Waals surface area contributed by atoms with E-state index in [0.717, 1.165) is 35.9 Å². The molecule has 1 aliphatic rings. The average molecular weight is 348 g/mol. The Morgan fingerprint density at radius 2 is 2.25 bits per heavy atom. The van der Waals surface area contributed by atoms with Gasteiger partial charge in [0.15, 0.2) is 0 Å². The van der Waals surface area contributed by atoms with Crippen LogP contribution in [0, 0.1) is 0 Å². The van der Waals surface area contributed by atoms with Crippen molar-refractivity contribution in [3.05, 3.63) is 28.7 Å². The number of rotatable bonds is 4. The Labute approximate surface area is 146 Å². The monoisotopic (exact) mass is 348 g/mol. The van der Waals surface area contributed by atoms with E-state index in [9.17, 15) is 4.79 Å². The average Bonchev–Trinajstić information content (AvgIpc) is 3.26. The zero-order valence-electron chi connectivity index (χ0n) is 14.4. The van der Waals surface area contributed by atoms with Gasteiger partial charge in [-0.1, -0.05) is 32.1 Å². The molecular formula is C16H24N6OS. The van der Waals surface area contributed by atoms with Gasteiger partial charge in [-0.25, -0.2) is 9.78 Å². The topological polar surface area (TPSA) is 75.9 Å². The Balaban J connectivity index is 1.55. The second-order valence-electron chi connectivity index (χ2n) is 7.16. The highest BCUT2D eigenvalue weighted by molar-refractivity contribution is 7.11. The van der Waals surface area contributed by atoms with Crippen LogP contribution >= 0.6 is 11.3 Å². The van der Waals surface area contributed by atoms with Gasteiger partial charge < -0.3 is 14.8 Å². The first-order valence-corrected chi connectivity index (χ1v) is 9.08. The second-order valence-corrected chi connectivity index (χ2v) is 8.22. The number of carbonyl (C=O) groups is 1. The molecule has 1 saturated heterocycles. The van der Waals surface area contributed by atoms with Crippen molar-refractivity contribution in [3.63, 3.8) is 0 Å². The van der Waals surface area contributed by atoms with Gasteiger partial charge >= 0.3 is 6.03 Å². The lowest BCUT2D eigenvalue weighted by atomic mass is 9.98. The summed E-state index contributed by atoms with van der Waals surface area (Å²) in [4.78, 5) is 18.5. The first-order valence-electron chi connectivity index (χ1n) is 8.26. The van der Waals surface area contributed by atoms with Gasteiger partial charge in [-0.3, -0.25) is 0 Å². The van der Waals surface area contributed by atoms with Crippen LogP contribution in [0.3, 0.4) is 0 Å². The molecule has 24 heavy (non-hydrogen) atoms. The summed E-state index contributed by atoms with van der Waals surface area (Å²) in [5.74, 6) is 0. The number of nitrogens with one attached hydrogen (secondary N) is 1. The van der Waals surface area contributed by atoms with Gasteiger partial charge in [-0.15, -0.1) is 10.2 Å². The Morgan fingerprint density at radius 1 is 1.42 bits per heavy atom. The number of imidazole rings is 1. The van der Waals surface area contributed by atoms with Crippen LogP contribution in [0.5, 0.6) is 0 Å². The first kappa shape index (κ1) is 16.9. The fourth-order valence-electron chi connectivity index (χ4n) is 2.81. The molecule has 0 saturated carbocycles. The fraction of sp³-hybridized carbons (Fsp3) is 0.625. The minimum atomic E-state index is -0.0230. The van der Waals surface area contributed by atoms with Crippen molar-refractivity contribution >= 4 is 17.4 Å². The molecule has 2 amide bonds. The summed E-state index contributed by atoms with van der Waals surface area (Å²) in [5.41, 5.74) is -0.00915. The van der Waals surface area contributed by atoms with Crippen molar-refractivity contribution in [1.82, 2.24) is 30.0 Å². The molecule has 1 fully saturated rings. The normalized spacial score (nSPS) is 18.1. The van der Waals surface area contributed by atoms with Crippen LogP contribution < -0.4 is 5.32 Å². The summed E-state index contributed by atoms with van der Waals surface area (Å²) in [6.07, 6.45) is 7.56. The van der Waals surface area contributed by atoms with Gasteiger partial charge in [-0.2, -0.15) is 0 Å². The third kappa shape index (κ3) is 3.92. The fourth-order valence-corrected chi connectivity index (χ4v) is 3.65. The molecule has 1 N–H and O–H groups in total. The van der Waals surface area contributed by atoms with Gasteiger partial charge in [0.25, 0.3) is 0 Å². The molecule has 1 atom stereocenters. The smallest absolute Gasteiger partial charge is 0.318 e. The Bertz CT molecular complexity index is 675. The maximum Gasteiger partial charge on any atom is 0.318 e. The maximum absolute atomic E-state index is 12.5. The van der Waals surface area contributed by atoms with Crippen molar-refractivity contribution in [1.29, 1.82) is 0 Å². The van der Waals surface area contributed by atoms with Crippen LogP contribution in [0.1, 0.15) is 43.6 Å². The molecule has 0 radical (unpaired) electrons. The Morgan fingerprint density at radius 3 is 2.92 bits per heavy atom. The van der Waals surface area contributed by atoms with Gasteiger partial charge in [0, 0.05) is 30.9 Å². The number of aromatic nitrogens is 4. The van der Waals surface area contributed by atoms with Crippen molar-refractivity contribution in [2.75, 3.05) is 6.54 Å². The quantitative estimate of drug-likeness (QED) is 0.920. The molecule has 0 spiro atoms. The van der Waals surface area contributed by atoms with Crippen molar-refractivity contribution in [2.24, 2.45) is 0 Å². The van der Waals surface area contributed by atoms with Crippen LogP contribution in [-0.2, 0) is 18.5 Å². The highest BCUT2D eigenvalue weighted by Crippen LogP contribution is 2.25. The molecule has 0 aliphatic carbocycles. The maximum atomic E-state index is 12.5. The van der Waals surface area contributed by atoms with Crippen LogP contribution in [0.2, 0.25) is 0 Å². The van der Waals surface area contributed by atoms with E-state index in [-0.39, 0.29) is 17.5 Å². The van der Waals surface area contributed by atoms with E-state index in [0.29, 0.717) is 6.54 Å². The molecule has 3 rings (SSSR count). The number of nitrogens with zero attached hydrogens (tertiary/aromatic N) is 5. The zero-order valence-corrected chi connectivity index (χ0v) is 15.2. The minimum absolute atomic E-state index is 0.00915. The number of hydrogen-bond donors (Lipinski definition) is 1. The number of amides is 2. The van der Waals surface area contributed by atoms with Gasteiger partial charge in [0.2, 0.25) is 0 Å². The van der Waals surface area contributed by atoms with E-state index in [2.05, 4.69) is 41.3 Å². The lowest BCUT2D eigenvalue weighted by molar-refractivity contribution is 0.187. The van der Waals surface area contributed by atoms with E-state index in [1.807, 2.05) is 15.7 Å². The molecule has 130 valence electrons. The second kappa shape index (κ2) is 6.88. The third-order valence-corrected chi connectivity index (χ3v) is 5.47. The number of likely N-dealkylation sites (tertiary alicyclic amines) is 1. The molecule has 2 aromatic rings. The lowest BCUT2D eigenvalue weighted by Crippen LogP contribution is -2.44. The van der Waals surface area contributed by atoms with E-state index >= 15 is 0 Å². The molecule has 7 nitrogen and oxygen atoms in total. The molecule has 2 aromatic heterocycles. The Kier molecular flexibility index (Phi) is 4.84. The minimum Gasteiger partial charge on any atom is -0.335 e. The number of urea groups is 1. The standard InChI is InChI=1S/C16H24N6OS/c1-16(2,3)14-20-19-13(24-14)9-18-15(23)22-7-4-5-12(22)10-21-8-6-17-11-21/h6,8,11-12H,4-5,7,9-10H2,1-3H3,(H,18,23)/t12-/m0/s1. The lowest BCUT2D eigenvalue weighted by Gasteiger charge is -2.25. The number of carbonyl (C=O) groups excluding carboxylic acids is 1. The summed E-state index contributed by atoms with van der Waals surface area (Å²) < 4.78 is 2.02. The molecule has 3 heterocycles. The zero-order chi connectivity index (χ0) is 17.2. The molecular weight excluding hydrogens is 324 g/mol. The van der Waals surface area contributed by atoms with Crippen LogP contribution in [0.25, 0.3) is 0 Å². The summed E-state index contributed by atoms with van der Waals surface area (Å²) in [7, 11) is 0. The van der Waals surface area contributed by atoms with Crippen LogP contribution in [-0.4, -0.2) is 43.3 Å². The van der Waals surface area contributed by atoms with Crippen molar-refractivity contribution < 1.29 is 4.79 Å². The van der Waals surface area contributed by atoms with Crippen LogP contribution in [0.4, 0.5) is 4.79 Å². The third-order valence-electron chi connectivity index (χ3n) is 4.12. The summed E-state index contributed by atoms with van der Waals surface area (Å²) in [5, 5.41) is 13.2. The van der Waals surface area contributed by atoms with Gasteiger partial charge in [-0.05, 0) is 12.8 Å². The van der Waals surface area contributed by atoms with E-state index < -0.39 is 0 Å². The summed E-state index contributed by atoms with van der Waals surface area (Å²) >= 11 is 1.56. The highest BCUT2D eigenvalue weighted by atomic mass is 32.1. The van der Waals surface area contributed by atoms with Gasteiger partial charge in [0.1, 0.15) is 10.0 Å². The first-order chi connectivity index (χ1) is 11.4. The van der Waals surface area contributed by atoms with Gasteiger partial charge in [0.05, 0.1) is 18.9 Å². The predicted molar refractivity (Wildman–Crippen MR) is 92.8 cm³/mol. The highest BCUT2D eigenvalue weighted by Gasteiger charge is 2.29. The molecule has 0 aromatic carbocycles. The SMILES string of the molecule is CC(C)(C)c1nnc(CNC(=O)N2CCC[C@H]2Cn2ccnc2)s1. The molecule has 8 heteroatoms. The summed E-state index contributed by atoms with van der Waals surface area (Å²) in [6, 6.07) is 0.198. The van der Waals surface area contributed by atoms with Crippen LogP contribution in [0.15, 0.2) is 18.7 Å². The molecule has 0 unspecified atom stereocenters. The predicted octanol–water partition coefficient (Wildman–Crippen LogP) is 2.41. The van der Waals surface area contributed by atoms with Crippen molar-refractivity contribution in [3.8, 4) is 0 Å². The van der Waals surface area contributed by atoms with E-state index in [1.54, 1.807) is 23.9 Å². The molecule has 0 bridgehead atoms. The van der Waals surface area contributed by atoms with Crippen molar-refractivity contribution in [2.45, 2.75) is 58.2 Å². The summed E-state index contributed by atoms with van der Waals surface area (Å²) in [6.45, 7) is 8.36. The van der Waals surface area contributed by atoms with E-state index in [4.69, 9.17) is 0 Å². The number of hydrogen-bond acceptors (Lipinski definition) is 5. The molecule has 1 aliphatic heterocycles. The Hall–Kier alpha value is -1.96. The van der Waals surface area contributed by atoms with E-state index in [1.165, 1.54) is 0 Å².